The van der Waals surface area contributed by atoms with Crippen molar-refractivity contribution >= 4 is 29.9 Å². The average Bonchev–Trinajstić information content (AvgIpc) is 3.24. The number of aryl methyl sites for hydroxylation is 1. The molecule has 7 nitrogen and oxygen atoms in total. The van der Waals surface area contributed by atoms with Crippen molar-refractivity contribution in [1.29, 1.82) is 0 Å². The minimum atomic E-state index is -0.677. The molecule has 0 amide bonds. The number of hydrogen-bond acceptors (Lipinski definition) is 6. The number of allylic oxidation sites excluding steroid dienone is 1. The smallest absolute Gasteiger partial charge is 0.419 e. The van der Waals surface area contributed by atoms with Crippen LogP contribution >= 0.6 is 12.6 Å². The first-order chi connectivity index (χ1) is 14.5. The number of aliphatic hydroxyl groups excluding tert-OH is 1. The summed E-state index contributed by atoms with van der Waals surface area (Å²) in [6, 6.07) is 1.98. The van der Waals surface area contributed by atoms with E-state index in [-0.39, 0.29) is 12.5 Å². The largest absolute Gasteiger partial charge is 0.443 e. The van der Waals surface area contributed by atoms with Crippen LogP contribution in [0.1, 0.15) is 64.2 Å². The number of aliphatic hydroxyl groups is 1. The lowest BCUT2D eigenvalue weighted by Gasteiger charge is -2.21. The standard InChI is InChI=1S/C23H30N4O3S/c1-8-15(11-28)18-17(13(2)3)19(27(21(18)31)22(29)30-23(5,6)7)16-9-14(4)20-24-12-25-26(20)10-16/h8-10,12-13,28,31H,11H2,1-7H3/b15-8+. The zero-order valence-electron chi connectivity index (χ0n) is 19.1. The Morgan fingerprint density at radius 2 is 2.03 bits per heavy atom. The Labute approximate surface area is 188 Å². The molecule has 0 aliphatic carbocycles. The molecule has 0 aliphatic rings. The van der Waals surface area contributed by atoms with E-state index in [1.54, 1.807) is 4.52 Å². The number of pyridine rings is 1. The number of carbonyl (C=O) groups excluding carboxylic acids is 1. The Balaban J connectivity index is 2.43. The molecule has 0 fully saturated rings. The molecule has 0 saturated heterocycles. The molecule has 0 bridgehead atoms. The van der Waals surface area contributed by atoms with Gasteiger partial charge in [0.1, 0.15) is 11.9 Å². The zero-order chi connectivity index (χ0) is 23.1. The van der Waals surface area contributed by atoms with Crippen LogP contribution in [0, 0.1) is 6.92 Å². The summed E-state index contributed by atoms with van der Waals surface area (Å²) < 4.78 is 8.91. The number of aromatic nitrogens is 4. The number of nitrogens with zero attached hydrogens (tertiary/aromatic N) is 4. The molecular formula is C23H30N4O3S. The molecule has 3 rings (SSSR count). The second-order valence-corrected chi connectivity index (χ2v) is 9.27. The van der Waals surface area contributed by atoms with Crippen molar-refractivity contribution in [3.05, 3.63) is 41.4 Å². The summed E-state index contributed by atoms with van der Waals surface area (Å²) in [5.41, 5.74) is 4.84. The molecule has 0 spiro atoms. The van der Waals surface area contributed by atoms with E-state index in [1.807, 2.05) is 53.0 Å². The van der Waals surface area contributed by atoms with E-state index < -0.39 is 11.7 Å². The molecule has 31 heavy (non-hydrogen) atoms. The lowest BCUT2D eigenvalue weighted by molar-refractivity contribution is 0.0527. The predicted molar refractivity (Wildman–Crippen MR) is 125 cm³/mol. The summed E-state index contributed by atoms with van der Waals surface area (Å²) in [4.78, 5) is 17.6. The molecule has 3 aromatic heterocycles. The summed E-state index contributed by atoms with van der Waals surface area (Å²) in [5.74, 6) is 0.0489. The molecule has 1 N–H and O–H groups in total. The van der Waals surface area contributed by atoms with Gasteiger partial charge in [-0.15, -0.1) is 12.6 Å². The summed E-state index contributed by atoms with van der Waals surface area (Å²) in [7, 11) is 0. The normalized spacial score (nSPS) is 12.8. The van der Waals surface area contributed by atoms with Crippen LogP contribution in [0.3, 0.4) is 0 Å². The third-order valence-corrected chi connectivity index (χ3v) is 5.43. The minimum Gasteiger partial charge on any atom is -0.443 e. The fraction of sp³-hybridized carbons (Fsp3) is 0.435. The molecule has 0 aliphatic heterocycles. The van der Waals surface area contributed by atoms with Crippen LogP contribution < -0.4 is 0 Å². The highest BCUT2D eigenvalue weighted by atomic mass is 32.1. The summed E-state index contributed by atoms with van der Waals surface area (Å²) in [6.45, 7) is 13.2. The summed E-state index contributed by atoms with van der Waals surface area (Å²) in [5, 5.41) is 14.7. The van der Waals surface area contributed by atoms with Crippen LogP contribution in [0.15, 0.2) is 29.7 Å². The van der Waals surface area contributed by atoms with E-state index in [9.17, 15) is 9.90 Å². The van der Waals surface area contributed by atoms with Gasteiger partial charge in [-0.05, 0) is 63.3 Å². The first kappa shape index (κ1) is 23.1. The van der Waals surface area contributed by atoms with Gasteiger partial charge in [0, 0.05) is 17.3 Å². The number of ether oxygens (including phenoxy) is 1. The van der Waals surface area contributed by atoms with Crippen molar-refractivity contribution in [3.63, 3.8) is 0 Å². The van der Waals surface area contributed by atoms with E-state index in [0.717, 1.165) is 27.9 Å². The molecule has 0 radical (unpaired) electrons. The first-order valence-electron chi connectivity index (χ1n) is 10.3. The van der Waals surface area contributed by atoms with Crippen molar-refractivity contribution in [2.45, 2.75) is 65.0 Å². The van der Waals surface area contributed by atoms with E-state index in [4.69, 9.17) is 17.4 Å². The molecule has 3 heterocycles. The number of carbonyl (C=O) groups is 1. The molecule has 0 saturated carbocycles. The van der Waals surface area contributed by atoms with Crippen LogP contribution in [0.2, 0.25) is 0 Å². The Bertz CT molecular complexity index is 1170. The summed E-state index contributed by atoms with van der Waals surface area (Å²) in [6.07, 6.45) is 4.67. The van der Waals surface area contributed by atoms with Crippen LogP contribution in [-0.4, -0.2) is 42.6 Å². The number of fused-ring (bicyclic) bond motifs is 1. The number of rotatable bonds is 4. The monoisotopic (exact) mass is 442 g/mol. The third kappa shape index (κ3) is 4.27. The molecule has 3 aromatic rings. The molecule has 166 valence electrons. The van der Waals surface area contributed by atoms with Crippen molar-refractivity contribution in [1.82, 2.24) is 19.2 Å². The highest BCUT2D eigenvalue weighted by Crippen LogP contribution is 2.42. The Kier molecular flexibility index (Phi) is 6.34. The molecule has 8 heteroatoms. The maximum Gasteiger partial charge on any atom is 0.419 e. The van der Waals surface area contributed by atoms with E-state index >= 15 is 0 Å². The second kappa shape index (κ2) is 8.51. The van der Waals surface area contributed by atoms with Gasteiger partial charge in [-0.3, -0.25) is 0 Å². The van der Waals surface area contributed by atoms with Gasteiger partial charge < -0.3 is 9.84 Å². The molecule has 0 atom stereocenters. The highest BCUT2D eigenvalue weighted by molar-refractivity contribution is 7.80. The van der Waals surface area contributed by atoms with Gasteiger partial charge in [0.05, 0.1) is 17.3 Å². The SMILES string of the molecule is C/C=C(\CO)c1c(C(C)C)c(-c2cc(C)c3ncnn3c2)n(C(=O)OC(C)(C)C)c1S. The molecule has 0 unspecified atom stereocenters. The summed E-state index contributed by atoms with van der Waals surface area (Å²) >= 11 is 4.75. The fourth-order valence-corrected chi connectivity index (χ4v) is 4.21. The van der Waals surface area contributed by atoms with E-state index in [1.165, 1.54) is 10.9 Å². The van der Waals surface area contributed by atoms with Crippen LogP contribution in [0.25, 0.3) is 22.5 Å². The zero-order valence-corrected chi connectivity index (χ0v) is 20.0. The number of thiol groups is 1. The fourth-order valence-electron chi connectivity index (χ4n) is 3.76. The quantitative estimate of drug-likeness (QED) is 0.550. The van der Waals surface area contributed by atoms with Crippen molar-refractivity contribution in [2.75, 3.05) is 6.61 Å². The Morgan fingerprint density at radius 1 is 1.35 bits per heavy atom. The predicted octanol–water partition coefficient (Wildman–Crippen LogP) is 5.10. The van der Waals surface area contributed by atoms with Gasteiger partial charge >= 0.3 is 6.09 Å². The lowest BCUT2D eigenvalue weighted by Crippen LogP contribution is -2.28. The van der Waals surface area contributed by atoms with Crippen LogP contribution in [-0.2, 0) is 4.74 Å². The number of hydrogen-bond donors (Lipinski definition) is 2. The van der Waals surface area contributed by atoms with Gasteiger partial charge in [0.2, 0.25) is 0 Å². The van der Waals surface area contributed by atoms with E-state index in [2.05, 4.69) is 23.9 Å². The Hall–Kier alpha value is -2.58. The van der Waals surface area contributed by atoms with Gasteiger partial charge in [-0.2, -0.15) is 5.10 Å². The third-order valence-electron chi connectivity index (χ3n) is 5.01. The Morgan fingerprint density at radius 3 is 2.58 bits per heavy atom. The van der Waals surface area contributed by atoms with Crippen LogP contribution in [0.5, 0.6) is 0 Å². The van der Waals surface area contributed by atoms with Crippen LogP contribution in [0.4, 0.5) is 4.79 Å². The topological polar surface area (TPSA) is 81.7 Å². The first-order valence-corrected chi connectivity index (χ1v) is 10.7. The van der Waals surface area contributed by atoms with Crippen molar-refractivity contribution in [3.8, 4) is 11.3 Å². The lowest BCUT2D eigenvalue weighted by atomic mass is 9.92. The van der Waals surface area contributed by atoms with Crippen molar-refractivity contribution in [2.24, 2.45) is 0 Å². The van der Waals surface area contributed by atoms with Crippen molar-refractivity contribution < 1.29 is 14.6 Å². The van der Waals surface area contributed by atoms with Gasteiger partial charge in [0.15, 0.2) is 5.65 Å². The maximum atomic E-state index is 13.3. The molecular weight excluding hydrogens is 412 g/mol. The van der Waals surface area contributed by atoms with Gasteiger partial charge in [-0.1, -0.05) is 19.9 Å². The van der Waals surface area contributed by atoms with Gasteiger partial charge in [0.25, 0.3) is 0 Å². The second-order valence-electron chi connectivity index (χ2n) is 8.84. The minimum absolute atomic E-state index is 0.0489. The van der Waals surface area contributed by atoms with Gasteiger partial charge in [-0.25, -0.2) is 18.9 Å². The highest BCUT2D eigenvalue weighted by Gasteiger charge is 2.31. The molecule has 0 aromatic carbocycles. The van der Waals surface area contributed by atoms with E-state index in [0.29, 0.717) is 16.3 Å². The maximum absolute atomic E-state index is 13.3. The average molecular weight is 443 g/mol.